The van der Waals surface area contributed by atoms with Gasteiger partial charge in [0.15, 0.2) is 11.5 Å². The molecule has 7 heteroatoms. The summed E-state index contributed by atoms with van der Waals surface area (Å²) in [4.78, 5) is 26.6. The van der Waals surface area contributed by atoms with Crippen LogP contribution in [0.1, 0.15) is 35.5 Å². The maximum atomic E-state index is 12.1. The van der Waals surface area contributed by atoms with Crippen LogP contribution in [0.5, 0.6) is 5.75 Å². The van der Waals surface area contributed by atoms with Crippen LogP contribution in [0.25, 0.3) is 0 Å². The zero-order valence-electron chi connectivity index (χ0n) is 16.0. The molecule has 0 unspecified atom stereocenters. The molecule has 3 rings (SSSR count). The molecule has 2 aromatic rings. The second-order valence-electron chi connectivity index (χ2n) is 5.91. The number of anilines is 1. The highest BCUT2D eigenvalue weighted by atomic mass is 32.1. The van der Waals surface area contributed by atoms with E-state index in [9.17, 15) is 14.7 Å². The molecule has 0 saturated carbocycles. The van der Waals surface area contributed by atoms with E-state index in [1.165, 1.54) is 9.78 Å². The fraction of sp³-hybridized carbons (Fsp3) is 0.300. The van der Waals surface area contributed by atoms with Gasteiger partial charge in [0.1, 0.15) is 5.70 Å². The first-order chi connectivity index (χ1) is 13.0. The molecule has 1 aromatic carbocycles. The SMILES string of the molecule is CC.CN(C)C(=O)c1cccc(NC2=C(NCc3cccs3)CC2=O)c1O. The quantitative estimate of drug-likeness (QED) is 0.660. The van der Waals surface area contributed by atoms with Gasteiger partial charge >= 0.3 is 0 Å². The zero-order valence-corrected chi connectivity index (χ0v) is 16.8. The highest BCUT2D eigenvalue weighted by molar-refractivity contribution is 7.09. The van der Waals surface area contributed by atoms with Crippen molar-refractivity contribution >= 4 is 28.7 Å². The van der Waals surface area contributed by atoms with Crippen molar-refractivity contribution in [2.24, 2.45) is 0 Å². The van der Waals surface area contributed by atoms with Gasteiger partial charge in [-0.05, 0) is 23.6 Å². The van der Waals surface area contributed by atoms with Gasteiger partial charge in [-0.15, -0.1) is 11.3 Å². The van der Waals surface area contributed by atoms with Gasteiger partial charge in [0.2, 0.25) is 0 Å². The number of hydrogen-bond donors (Lipinski definition) is 3. The van der Waals surface area contributed by atoms with Crippen LogP contribution in [0.2, 0.25) is 0 Å². The first-order valence-electron chi connectivity index (χ1n) is 8.80. The van der Waals surface area contributed by atoms with E-state index in [2.05, 4.69) is 10.6 Å². The third-order valence-corrected chi connectivity index (χ3v) is 4.78. The minimum Gasteiger partial charge on any atom is -0.505 e. The average molecular weight is 388 g/mol. The Bertz CT molecular complexity index is 842. The second-order valence-corrected chi connectivity index (χ2v) is 6.94. The summed E-state index contributed by atoms with van der Waals surface area (Å²) >= 11 is 1.64. The molecule has 6 nitrogen and oxygen atoms in total. The van der Waals surface area contributed by atoms with Crippen LogP contribution in [-0.2, 0) is 11.3 Å². The summed E-state index contributed by atoms with van der Waals surface area (Å²) in [6.07, 6.45) is 0.338. The number of ketones is 1. The second kappa shape index (κ2) is 9.23. The summed E-state index contributed by atoms with van der Waals surface area (Å²) in [6, 6.07) is 8.86. The van der Waals surface area contributed by atoms with Crippen LogP contribution >= 0.6 is 11.3 Å². The smallest absolute Gasteiger partial charge is 0.257 e. The van der Waals surface area contributed by atoms with Crippen molar-refractivity contribution in [3.8, 4) is 5.75 Å². The number of phenolic OH excluding ortho intramolecular Hbond substituents is 1. The molecule has 0 bridgehead atoms. The van der Waals surface area contributed by atoms with Gasteiger partial charge < -0.3 is 20.6 Å². The third-order valence-electron chi connectivity index (χ3n) is 3.91. The lowest BCUT2D eigenvalue weighted by Gasteiger charge is -2.25. The summed E-state index contributed by atoms with van der Waals surface area (Å²) in [6.45, 7) is 4.65. The summed E-state index contributed by atoms with van der Waals surface area (Å²) in [7, 11) is 3.24. The van der Waals surface area contributed by atoms with Crippen LogP contribution in [0.4, 0.5) is 5.69 Å². The van der Waals surface area contributed by atoms with Gasteiger partial charge in [0.25, 0.3) is 5.91 Å². The van der Waals surface area contributed by atoms with Crippen molar-refractivity contribution in [1.82, 2.24) is 10.2 Å². The van der Waals surface area contributed by atoms with Gasteiger partial charge in [-0.3, -0.25) is 9.59 Å². The topological polar surface area (TPSA) is 81.7 Å². The molecule has 0 atom stereocenters. The fourth-order valence-corrected chi connectivity index (χ4v) is 3.14. The van der Waals surface area contributed by atoms with E-state index in [-0.39, 0.29) is 23.0 Å². The minimum absolute atomic E-state index is 0.0302. The highest BCUT2D eigenvalue weighted by Crippen LogP contribution is 2.32. The fourth-order valence-electron chi connectivity index (χ4n) is 2.49. The van der Waals surface area contributed by atoms with Gasteiger partial charge in [-0.2, -0.15) is 0 Å². The number of nitrogens with zero attached hydrogens (tertiary/aromatic N) is 1. The molecule has 27 heavy (non-hydrogen) atoms. The normalized spacial score (nSPS) is 12.7. The Balaban J connectivity index is 0.00000126. The molecule has 144 valence electrons. The summed E-state index contributed by atoms with van der Waals surface area (Å²) < 4.78 is 0. The number of amides is 1. The van der Waals surface area contributed by atoms with E-state index in [1.54, 1.807) is 43.6 Å². The molecule has 0 spiro atoms. The van der Waals surface area contributed by atoms with E-state index >= 15 is 0 Å². The zero-order chi connectivity index (χ0) is 20.0. The van der Waals surface area contributed by atoms with Crippen LogP contribution in [0.15, 0.2) is 47.1 Å². The predicted octanol–water partition coefficient (Wildman–Crippen LogP) is 3.57. The number of carbonyl (C=O) groups excluding carboxylic acids is 2. The monoisotopic (exact) mass is 387 g/mol. The Morgan fingerprint density at radius 2 is 1.96 bits per heavy atom. The number of carbonyl (C=O) groups is 2. The van der Waals surface area contributed by atoms with Crippen molar-refractivity contribution in [3.05, 3.63) is 57.5 Å². The van der Waals surface area contributed by atoms with Gasteiger partial charge in [-0.25, -0.2) is 0 Å². The van der Waals surface area contributed by atoms with Gasteiger partial charge in [0.05, 0.1) is 17.7 Å². The first kappa shape index (κ1) is 20.5. The number of nitrogens with one attached hydrogen (secondary N) is 2. The van der Waals surface area contributed by atoms with E-state index < -0.39 is 0 Å². The van der Waals surface area contributed by atoms with Crippen LogP contribution in [0, 0.1) is 0 Å². The Morgan fingerprint density at radius 3 is 2.56 bits per heavy atom. The van der Waals surface area contributed by atoms with E-state index in [0.29, 0.717) is 24.4 Å². The number of hydrogen-bond acceptors (Lipinski definition) is 6. The maximum Gasteiger partial charge on any atom is 0.257 e. The lowest BCUT2D eigenvalue weighted by atomic mass is 9.98. The van der Waals surface area contributed by atoms with Crippen molar-refractivity contribution in [2.45, 2.75) is 26.8 Å². The Hall–Kier alpha value is -2.80. The first-order valence-corrected chi connectivity index (χ1v) is 9.68. The van der Waals surface area contributed by atoms with Crippen molar-refractivity contribution in [3.63, 3.8) is 0 Å². The van der Waals surface area contributed by atoms with Crippen molar-refractivity contribution < 1.29 is 14.7 Å². The molecule has 1 aliphatic carbocycles. The molecule has 0 aliphatic heterocycles. The number of aromatic hydroxyl groups is 1. The number of Topliss-reactive ketones (excluding diaryl/α,β-unsaturated/α-hetero) is 1. The highest BCUT2D eigenvalue weighted by Gasteiger charge is 2.28. The molecule has 0 fully saturated rings. The molecular formula is C20H25N3O3S. The van der Waals surface area contributed by atoms with Crippen molar-refractivity contribution in [1.29, 1.82) is 0 Å². The summed E-state index contributed by atoms with van der Waals surface area (Å²) in [5.74, 6) is -0.491. The molecule has 0 saturated heterocycles. The van der Waals surface area contributed by atoms with Gasteiger partial charge in [-0.1, -0.05) is 26.0 Å². The Morgan fingerprint density at radius 1 is 1.22 bits per heavy atom. The predicted molar refractivity (Wildman–Crippen MR) is 109 cm³/mol. The van der Waals surface area contributed by atoms with Gasteiger partial charge in [0, 0.05) is 31.2 Å². The Labute approximate surface area is 163 Å². The number of allylic oxidation sites excluding steroid dienone is 2. The molecule has 1 aliphatic rings. The molecule has 1 amide bonds. The standard InChI is InChI=1S/C18H19N3O3S.C2H6/c1-21(2)18(24)12-6-3-7-13(17(12)23)20-16-14(9-15(16)22)19-10-11-5-4-8-25-11;1-2/h3-8,19-20,23H,9-10H2,1-2H3;1-2H3. The molecular weight excluding hydrogens is 362 g/mol. The lowest BCUT2D eigenvalue weighted by molar-refractivity contribution is -0.116. The van der Waals surface area contributed by atoms with Crippen LogP contribution in [-0.4, -0.2) is 35.8 Å². The van der Waals surface area contributed by atoms with E-state index in [0.717, 1.165) is 5.70 Å². The number of benzene rings is 1. The van der Waals surface area contributed by atoms with Crippen LogP contribution in [0.3, 0.4) is 0 Å². The maximum absolute atomic E-state index is 12.1. The summed E-state index contributed by atoms with van der Waals surface area (Å²) in [5, 5.41) is 18.6. The number of phenols is 1. The average Bonchev–Trinajstić information content (AvgIpc) is 3.18. The number of rotatable bonds is 6. The number of thiophene rings is 1. The van der Waals surface area contributed by atoms with E-state index in [4.69, 9.17) is 0 Å². The molecule has 1 heterocycles. The molecule has 1 aromatic heterocycles. The number of para-hydroxylation sites is 1. The molecule has 0 radical (unpaired) electrons. The summed E-state index contributed by atoms with van der Waals surface area (Å²) in [5.41, 5.74) is 1.77. The lowest BCUT2D eigenvalue weighted by Crippen LogP contribution is -2.32. The largest absolute Gasteiger partial charge is 0.505 e. The van der Waals surface area contributed by atoms with Crippen LogP contribution < -0.4 is 10.6 Å². The third kappa shape index (κ3) is 4.68. The molecule has 3 N–H and O–H groups in total. The minimum atomic E-state index is -0.300. The Kier molecular flexibility index (Phi) is 7.01. The van der Waals surface area contributed by atoms with Crippen molar-refractivity contribution in [2.75, 3.05) is 19.4 Å². The van der Waals surface area contributed by atoms with E-state index in [1.807, 2.05) is 31.4 Å².